The lowest BCUT2D eigenvalue weighted by molar-refractivity contribution is 0.313. The Morgan fingerprint density at radius 1 is 1.36 bits per heavy atom. The van der Waals surface area contributed by atoms with Gasteiger partial charge in [-0.2, -0.15) is 5.26 Å². The van der Waals surface area contributed by atoms with E-state index in [9.17, 15) is 0 Å². The van der Waals surface area contributed by atoms with Crippen LogP contribution in [0.3, 0.4) is 0 Å². The second-order valence-corrected chi connectivity index (χ2v) is 2.88. The smallest absolute Gasteiger partial charge is 0.119 e. The van der Waals surface area contributed by atoms with E-state index < -0.39 is 0 Å². The van der Waals surface area contributed by atoms with Crippen molar-refractivity contribution in [1.29, 1.82) is 5.26 Å². The van der Waals surface area contributed by atoms with E-state index in [1.165, 1.54) is 0 Å². The van der Waals surface area contributed by atoms with Crippen LogP contribution in [0.1, 0.15) is 12.8 Å². The first-order valence-corrected chi connectivity index (χ1v) is 4.64. The second kappa shape index (κ2) is 5.87. The van der Waals surface area contributed by atoms with Crippen LogP contribution in [0.15, 0.2) is 24.3 Å². The van der Waals surface area contributed by atoms with Gasteiger partial charge in [0.1, 0.15) is 5.75 Å². The summed E-state index contributed by atoms with van der Waals surface area (Å²) in [5, 5.41) is 11.3. The maximum atomic E-state index is 8.32. The lowest BCUT2D eigenvalue weighted by Gasteiger charge is -2.05. The topological polar surface area (TPSA) is 45.0 Å². The summed E-state index contributed by atoms with van der Waals surface area (Å²) in [6.45, 7) is 0.604. The van der Waals surface area contributed by atoms with Gasteiger partial charge in [-0.3, -0.25) is 0 Å². The van der Waals surface area contributed by atoms with Crippen molar-refractivity contribution in [3.63, 3.8) is 0 Å². The maximum Gasteiger partial charge on any atom is 0.119 e. The van der Waals surface area contributed by atoms with E-state index in [0.29, 0.717) is 13.0 Å². The second-order valence-electron chi connectivity index (χ2n) is 2.88. The molecule has 3 nitrogen and oxygen atoms in total. The average molecular weight is 190 g/mol. The number of benzene rings is 1. The van der Waals surface area contributed by atoms with E-state index in [0.717, 1.165) is 17.9 Å². The molecule has 0 aliphatic rings. The van der Waals surface area contributed by atoms with E-state index in [4.69, 9.17) is 10.00 Å². The summed E-state index contributed by atoms with van der Waals surface area (Å²) in [7, 11) is 1.88. The van der Waals surface area contributed by atoms with Gasteiger partial charge < -0.3 is 10.1 Å². The first kappa shape index (κ1) is 10.4. The molecule has 0 unspecified atom stereocenters. The van der Waals surface area contributed by atoms with Gasteiger partial charge in [-0.15, -0.1) is 0 Å². The van der Waals surface area contributed by atoms with E-state index in [1.807, 2.05) is 31.3 Å². The van der Waals surface area contributed by atoms with Gasteiger partial charge in [0.2, 0.25) is 0 Å². The Morgan fingerprint density at radius 2 is 2.07 bits per heavy atom. The third kappa shape index (κ3) is 3.36. The highest BCUT2D eigenvalue weighted by Crippen LogP contribution is 2.15. The minimum absolute atomic E-state index is 0.550. The minimum Gasteiger partial charge on any atom is -0.494 e. The molecule has 0 fully saturated rings. The lowest BCUT2D eigenvalue weighted by Crippen LogP contribution is -1.96. The summed E-state index contributed by atoms with van der Waals surface area (Å²) < 4.78 is 5.43. The molecule has 0 spiro atoms. The molecule has 14 heavy (non-hydrogen) atoms. The summed E-state index contributed by atoms with van der Waals surface area (Å²) in [6.07, 6.45) is 1.33. The Balaban J connectivity index is 2.33. The van der Waals surface area contributed by atoms with E-state index in [1.54, 1.807) is 0 Å². The predicted molar refractivity (Wildman–Crippen MR) is 56.3 cm³/mol. The van der Waals surface area contributed by atoms with Crippen molar-refractivity contribution in [2.45, 2.75) is 12.8 Å². The molecule has 1 aromatic carbocycles. The molecule has 1 aromatic rings. The molecule has 0 saturated heterocycles. The zero-order chi connectivity index (χ0) is 10.2. The van der Waals surface area contributed by atoms with Crippen LogP contribution in [0.5, 0.6) is 5.75 Å². The van der Waals surface area contributed by atoms with Crippen LogP contribution < -0.4 is 10.1 Å². The Kier molecular flexibility index (Phi) is 4.36. The highest BCUT2D eigenvalue weighted by molar-refractivity contribution is 5.45. The minimum atomic E-state index is 0.550. The highest BCUT2D eigenvalue weighted by atomic mass is 16.5. The van der Waals surface area contributed by atoms with Gasteiger partial charge in [0.25, 0.3) is 0 Å². The van der Waals surface area contributed by atoms with Crippen molar-refractivity contribution in [2.24, 2.45) is 0 Å². The van der Waals surface area contributed by atoms with Crippen LogP contribution in [0.25, 0.3) is 0 Å². The molecule has 0 bridgehead atoms. The Bertz CT molecular complexity index is 300. The van der Waals surface area contributed by atoms with Gasteiger partial charge in [-0.1, -0.05) is 0 Å². The number of nitrogens with one attached hydrogen (secondary N) is 1. The Hall–Kier alpha value is -1.69. The molecule has 74 valence electrons. The molecule has 1 rings (SSSR count). The van der Waals surface area contributed by atoms with Gasteiger partial charge >= 0.3 is 0 Å². The number of hydrogen-bond donors (Lipinski definition) is 1. The third-order valence-corrected chi connectivity index (χ3v) is 1.84. The summed E-state index contributed by atoms with van der Waals surface area (Å²) in [6, 6.07) is 9.83. The van der Waals surface area contributed by atoms with E-state index in [2.05, 4.69) is 11.4 Å². The Morgan fingerprint density at radius 3 is 2.64 bits per heavy atom. The molecule has 0 heterocycles. The summed E-state index contributed by atoms with van der Waals surface area (Å²) in [5.41, 5.74) is 1.06. The quantitative estimate of drug-likeness (QED) is 0.725. The van der Waals surface area contributed by atoms with E-state index >= 15 is 0 Å². The standard InChI is InChI=1S/C11H14N2O/c1-13-10-4-6-11(7-5-10)14-9-3-2-8-12/h4-7,13H,2-3,9H2,1H3. The fraction of sp³-hybridized carbons (Fsp3) is 0.364. The van der Waals surface area contributed by atoms with Crippen LogP contribution in [-0.2, 0) is 0 Å². The van der Waals surface area contributed by atoms with Crippen molar-refractivity contribution in [3.05, 3.63) is 24.3 Å². The highest BCUT2D eigenvalue weighted by Gasteiger charge is 1.93. The van der Waals surface area contributed by atoms with Crippen molar-refractivity contribution in [2.75, 3.05) is 19.0 Å². The fourth-order valence-electron chi connectivity index (χ4n) is 1.06. The molecule has 0 aliphatic carbocycles. The van der Waals surface area contributed by atoms with Crippen molar-refractivity contribution in [3.8, 4) is 11.8 Å². The largest absolute Gasteiger partial charge is 0.494 e. The van der Waals surface area contributed by atoms with Crippen LogP contribution >= 0.6 is 0 Å². The van der Waals surface area contributed by atoms with Crippen molar-refractivity contribution < 1.29 is 4.74 Å². The molecule has 3 heteroatoms. The molecule has 1 N–H and O–H groups in total. The lowest BCUT2D eigenvalue weighted by atomic mass is 10.3. The molecule has 0 aliphatic heterocycles. The summed E-state index contributed by atoms with van der Waals surface area (Å²) in [4.78, 5) is 0. The normalized spacial score (nSPS) is 9.14. The number of nitrogens with zero attached hydrogens (tertiary/aromatic N) is 1. The number of nitriles is 1. The number of unbranched alkanes of at least 4 members (excludes halogenated alkanes) is 1. The van der Waals surface area contributed by atoms with Crippen molar-refractivity contribution in [1.82, 2.24) is 0 Å². The number of anilines is 1. The number of ether oxygens (including phenoxy) is 1. The van der Waals surface area contributed by atoms with Crippen LogP contribution in [0, 0.1) is 11.3 Å². The first-order chi connectivity index (χ1) is 6.86. The van der Waals surface area contributed by atoms with Gasteiger partial charge in [0, 0.05) is 19.2 Å². The molecule has 0 atom stereocenters. The summed E-state index contributed by atoms with van der Waals surface area (Å²) >= 11 is 0. The maximum absolute atomic E-state index is 8.32. The monoisotopic (exact) mass is 190 g/mol. The first-order valence-electron chi connectivity index (χ1n) is 4.64. The zero-order valence-electron chi connectivity index (χ0n) is 8.29. The number of rotatable bonds is 5. The van der Waals surface area contributed by atoms with E-state index in [-0.39, 0.29) is 0 Å². The van der Waals surface area contributed by atoms with Gasteiger partial charge in [-0.05, 0) is 30.7 Å². The van der Waals surface area contributed by atoms with Crippen LogP contribution in [-0.4, -0.2) is 13.7 Å². The molecule has 0 saturated carbocycles. The van der Waals surface area contributed by atoms with Crippen LogP contribution in [0.2, 0.25) is 0 Å². The SMILES string of the molecule is CNc1ccc(OCCCC#N)cc1. The average Bonchev–Trinajstić information content (AvgIpc) is 2.25. The van der Waals surface area contributed by atoms with Crippen molar-refractivity contribution >= 4 is 5.69 Å². The van der Waals surface area contributed by atoms with Crippen LogP contribution in [0.4, 0.5) is 5.69 Å². The zero-order valence-corrected chi connectivity index (χ0v) is 8.29. The molecular weight excluding hydrogens is 176 g/mol. The molecule has 0 radical (unpaired) electrons. The third-order valence-electron chi connectivity index (χ3n) is 1.84. The fourth-order valence-corrected chi connectivity index (χ4v) is 1.06. The molecule has 0 amide bonds. The predicted octanol–water partition coefficient (Wildman–Crippen LogP) is 2.41. The number of hydrogen-bond acceptors (Lipinski definition) is 3. The summed E-state index contributed by atoms with van der Waals surface area (Å²) in [5.74, 6) is 0.849. The molecular formula is C11H14N2O. The van der Waals surface area contributed by atoms with Gasteiger partial charge in [0.15, 0.2) is 0 Å². The van der Waals surface area contributed by atoms with Gasteiger partial charge in [0.05, 0.1) is 12.7 Å². The van der Waals surface area contributed by atoms with Gasteiger partial charge in [-0.25, -0.2) is 0 Å². The Labute approximate surface area is 84.3 Å². The molecule has 0 aromatic heterocycles.